The van der Waals surface area contributed by atoms with Crippen LogP contribution in [0.2, 0.25) is 0 Å². The van der Waals surface area contributed by atoms with Gasteiger partial charge in [0, 0.05) is 12.6 Å². The van der Waals surface area contributed by atoms with Gasteiger partial charge in [-0.3, -0.25) is 0 Å². The monoisotopic (exact) mass is 300 g/mol. The molecule has 0 spiro atoms. The second-order valence-corrected chi connectivity index (χ2v) is 7.28. The molecule has 0 aromatic heterocycles. The molecule has 1 fully saturated rings. The highest BCUT2D eigenvalue weighted by molar-refractivity contribution is 7.89. The molecule has 112 valence electrons. The standard InChI is InChI=1S/C14H21FN2O2S/c1-10-8-12(15)4-7-14(10)20(18,19)17-9-11-2-5-13(16)6-3-11/h4,7-8,11,13,17H,2-3,5-6,9,16H2,1H3. The normalized spacial score (nSPS) is 23.8. The van der Waals surface area contributed by atoms with Crippen molar-refractivity contribution in [2.24, 2.45) is 11.7 Å². The number of benzene rings is 1. The Hall–Kier alpha value is -0.980. The first kappa shape index (κ1) is 15.4. The Kier molecular flexibility index (Phi) is 4.78. The average Bonchev–Trinajstić information content (AvgIpc) is 2.37. The van der Waals surface area contributed by atoms with Gasteiger partial charge in [-0.1, -0.05) is 0 Å². The Bertz CT molecular complexity index is 567. The highest BCUT2D eigenvalue weighted by Crippen LogP contribution is 2.23. The molecular weight excluding hydrogens is 279 g/mol. The Labute approximate surface area is 119 Å². The molecule has 0 bridgehead atoms. The van der Waals surface area contributed by atoms with Crippen LogP contribution >= 0.6 is 0 Å². The highest BCUT2D eigenvalue weighted by Gasteiger charge is 2.22. The molecule has 0 saturated heterocycles. The van der Waals surface area contributed by atoms with Crippen molar-refractivity contribution in [1.29, 1.82) is 0 Å². The first-order valence-corrected chi connectivity index (χ1v) is 8.38. The van der Waals surface area contributed by atoms with Crippen LogP contribution in [0.25, 0.3) is 0 Å². The molecule has 1 aromatic rings. The third kappa shape index (κ3) is 3.77. The molecule has 0 atom stereocenters. The van der Waals surface area contributed by atoms with Gasteiger partial charge < -0.3 is 5.73 Å². The van der Waals surface area contributed by atoms with Crippen LogP contribution in [-0.2, 0) is 10.0 Å². The second kappa shape index (κ2) is 6.20. The second-order valence-electron chi connectivity index (χ2n) is 5.54. The summed E-state index contributed by atoms with van der Waals surface area (Å²) in [5, 5.41) is 0. The van der Waals surface area contributed by atoms with Crippen molar-refractivity contribution in [2.75, 3.05) is 6.54 Å². The van der Waals surface area contributed by atoms with E-state index < -0.39 is 15.8 Å². The molecule has 0 amide bonds. The van der Waals surface area contributed by atoms with E-state index in [1.165, 1.54) is 18.2 Å². The van der Waals surface area contributed by atoms with E-state index in [0.29, 0.717) is 18.0 Å². The predicted molar refractivity (Wildman–Crippen MR) is 76.3 cm³/mol. The molecule has 2 rings (SSSR count). The zero-order valence-electron chi connectivity index (χ0n) is 11.6. The molecule has 20 heavy (non-hydrogen) atoms. The molecule has 1 saturated carbocycles. The van der Waals surface area contributed by atoms with Crippen LogP contribution in [0, 0.1) is 18.7 Å². The van der Waals surface area contributed by atoms with E-state index in [-0.39, 0.29) is 10.9 Å². The van der Waals surface area contributed by atoms with E-state index in [0.717, 1.165) is 25.7 Å². The van der Waals surface area contributed by atoms with E-state index in [9.17, 15) is 12.8 Å². The van der Waals surface area contributed by atoms with Gasteiger partial charge in [-0.25, -0.2) is 17.5 Å². The van der Waals surface area contributed by atoms with Crippen molar-refractivity contribution in [3.63, 3.8) is 0 Å². The minimum Gasteiger partial charge on any atom is -0.328 e. The number of halogens is 1. The Morgan fingerprint density at radius 1 is 1.30 bits per heavy atom. The molecule has 6 heteroatoms. The number of hydrogen-bond donors (Lipinski definition) is 2. The maximum Gasteiger partial charge on any atom is 0.240 e. The van der Waals surface area contributed by atoms with Gasteiger partial charge in [0.2, 0.25) is 10.0 Å². The fourth-order valence-electron chi connectivity index (χ4n) is 2.61. The highest BCUT2D eigenvalue weighted by atomic mass is 32.2. The van der Waals surface area contributed by atoms with Crippen LogP contribution in [-0.4, -0.2) is 21.0 Å². The topological polar surface area (TPSA) is 72.2 Å². The number of hydrogen-bond acceptors (Lipinski definition) is 3. The van der Waals surface area contributed by atoms with Crippen molar-refractivity contribution in [2.45, 2.75) is 43.5 Å². The molecule has 1 aromatic carbocycles. The van der Waals surface area contributed by atoms with Gasteiger partial charge in [0.15, 0.2) is 0 Å². The summed E-state index contributed by atoms with van der Waals surface area (Å²) in [5.74, 6) is -0.0898. The summed E-state index contributed by atoms with van der Waals surface area (Å²) in [6, 6.07) is 3.96. The molecule has 0 aliphatic heterocycles. The number of aryl methyl sites for hydroxylation is 1. The number of nitrogens with one attached hydrogen (secondary N) is 1. The Morgan fingerprint density at radius 3 is 2.55 bits per heavy atom. The van der Waals surface area contributed by atoms with Gasteiger partial charge in [0.05, 0.1) is 4.90 Å². The van der Waals surface area contributed by atoms with Crippen LogP contribution < -0.4 is 10.5 Å². The van der Waals surface area contributed by atoms with Gasteiger partial charge in [-0.2, -0.15) is 0 Å². The maximum atomic E-state index is 13.0. The summed E-state index contributed by atoms with van der Waals surface area (Å²) >= 11 is 0. The fourth-order valence-corrected chi connectivity index (χ4v) is 3.95. The summed E-state index contributed by atoms with van der Waals surface area (Å²) in [5.41, 5.74) is 6.25. The van der Waals surface area contributed by atoms with E-state index in [2.05, 4.69) is 4.72 Å². The lowest BCUT2D eigenvalue weighted by Crippen LogP contribution is -2.34. The minimum atomic E-state index is -3.57. The Morgan fingerprint density at radius 2 is 1.95 bits per heavy atom. The van der Waals surface area contributed by atoms with Crippen molar-refractivity contribution >= 4 is 10.0 Å². The lowest BCUT2D eigenvalue weighted by molar-refractivity contribution is 0.326. The van der Waals surface area contributed by atoms with E-state index in [1.807, 2.05) is 0 Å². The number of sulfonamides is 1. The van der Waals surface area contributed by atoms with Gasteiger partial charge >= 0.3 is 0 Å². The SMILES string of the molecule is Cc1cc(F)ccc1S(=O)(=O)NCC1CCC(N)CC1. The lowest BCUT2D eigenvalue weighted by Gasteiger charge is -2.26. The maximum absolute atomic E-state index is 13.0. The lowest BCUT2D eigenvalue weighted by atomic mass is 9.87. The van der Waals surface area contributed by atoms with E-state index in [4.69, 9.17) is 5.73 Å². The first-order chi connectivity index (χ1) is 9.38. The van der Waals surface area contributed by atoms with Crippen LogP contribution in [0.15, 0.2) is 23.1 Å². The van der Waals surface area contributed by atoms with Crippen molar-refractivity contribution in [1.82, 2.24) is 4.72 Å². The summed E-state index contributed by atoms with van der Waals surface area (Å²) < 4.78 is 40.1. The minimum absolute atomic E-state index is 0.145. The molecule has 0 heterocycles. The number of nitrogens with two attached hydrogens (primary N) is 1. The largest absolute Gasteiger partial charge is 0.328 e. The fraction of sp³-hybridized carbons (Fsp3) is 0.571. The van der Waals surface area contributed by atoms with E-state index >= 15 is 0 Å². The van der Waals surface area contributed by atoms with Gasteiger partial charge in [0.1, 0.15) is 5.82 Å². The summed E-state index contributed by atoms with van der Waals surface area (Å²) in [7, 11) is -3.57. The Balaban J connectivity index is 2.00. The van der Waals surface area contributed by atoms with Gasteiger partial charge in [-0.15, -0.1) is 0 Å². The van der Waals surface area contributed by atoms with Crippen LogP contribution in [0.3, 0.4) is 0 Å². The van der Waals surface area contributed by atoms with Crippen molar-refractivity contribution in [3.8, 4) is 0 Å². The number of rotatable bonds is 4. The molecule has 0 radical (unpaired) electrons. The van der Waals surface area contributed by atoms with Crippen LogP contribution in [0.5, 0.6) is 0 Å². The quantitative estimate of drug-likeness (QED) is 0.892. The van der Waals surface area contributed by atoms with Crippen molar-refractivity contribution < 1.29 is 12.8 Å². The van der Waals surface area contributed by atoms with Crippen LogP contribution in [0.1, 0.15) is 31.2 Å². The summed E-state index contributed by atoms with van der Waals surface area (Å²) in [4.78, 5) is 0.145. The van der Waals surface area contributed by atoms with Gasteiger partial charge in [-0.05, 0) is 62.3 Å². The van der Waals surface area contributed by atoms with E-state index in [1.54, 1.807) is 6.92 Å². The molecule has 3 N–H and O–H groups in total. The van der Waals surface area contributed by atoms with Crippen molar-refractivity contribution in [3.05, 3.63) is 29.6 Å². The third-order valence-corrected chi connectivity index (χ3v) is 5.46. The average molecular weight is 300 g/mol. The van der Waals surface area contributed by atoms with Crippen LogP contribution in [0.4, 0.5) is 4.39 Å². The molecule has 1 aliphatic carbocycles. The van der Waals surface area contributed by atoms with Gasteiger partial charge in [0.25, 0.3) is 0 Å². The molecular formula is C14H21FN2O2S. The molecule has 0 unspecified atom stereocenters. The third-order valence-electron chi connectivity index (χ3n) is 3.88. The molecule has 1 aliphatic rings. The smallest absolute Gasteiger partial charge is 0.240 e. The zero-order chi connectivity index (χ0) is 14.8. The zero-order valence-corrected chi connectivity index (χ0v) is 12.4. The summed E-state index contributed by atoms with van der Waals surface area (Å²) in [6.45, 7) is 2.02. The molecule has 4 nitrogen and oxygen atoms in total. The first-order valence-electron chi connectivity index (χ1n) is 6.90. The summed E-state index contributed by atoms with van der Waals surface area (Å²) in [6.07, 6.45) is 3.79. The predicted octanol–water partition coefficient (Wildman–Crippen LogP) is 1.93.